The SMILES string of the molecule is COc1ccc(CSC(C)(C)[C@H](N)C(=O)N2CCC[C@H]2C#N)cc1. The Morgan fingerprint density at radius 3 is 2.75 bits per heavy atom. The number of nitrogens with two attached hydrogens (primary N) is 1. The number of methoxy groups -OCH3 is 1. The van der Waals surface area contributed by atoms with Crippen molar-refractivity contribution in [3.05, 3.63) is 29.8 Å². The van der Waals surface area contributed by atoms with Gasteiger partial charge in [0.15, 0.2) is 0 Å². The van der Waals surface area contributed by atoms with E-state index in [0.29, 0.717) is 6.54 Å². The van der Waals surface area contributed by atoms with Crippen molar-refractivity contribution >= 4 is 17.7 Å². The minimum absolute atomic E-state index is 0.119. The van der Waals surface area contributed by atoms with Crippen molar-refractivity contribution in [2.24, 2.45) is 5.73 Å². The summed E-state index contributed by atoms with van der Waals surface area (Å²) < 4.78 is 4.74. The van der Waals surface area contributed by atoms with Crippen molar-refractivity contribution < 1.29 is 9.53 Å². The topological polar surface area (TPSA) is 79.3 Å². The number of carbonyl (C=O) groups is 1. The molecule has 0 aromatic heterocycles. The minimum Gasteiger partial charge on any atom is -0.497 e. The van der Waals surface area contributed by atoms with Gasteiger partial charge in [-0.25, -0.2) is 0 Å². The van der Waals surface area contributed by atoms with Gasteiger partial charge in [-0.2, -0.15) is 5.26 Å². The molecule has 1 aromatic rings. The molecule has 6 heteroatoms. The highest BCUT2D eigenvalue weighted by atomic mass is 32.2. The van der Waals surface area contributed by atoms with Gasteiger partial charge in [-0.3, -0.25) is 4.79 Å². The first-order valence-corrected chi connectivity index (χ1v) is 9.10. The zero-order valence-electron chi connectivity index (χ0n) is 14.5. The third-order valence-corrected chi connectivity index (χ3v) is 5.95. The Balaban J connectivity index is 1.97. The monoisotopic (exact) mass is 347 g/mol. The van der Waals surface area contributed by atoms with Gasteiger partial charge in [0.25, 0.3) is 0 Å². The van der Waals surface area contributed by atoms with E-state index in [4.69, 9.17) is 15.7 Å². The maximum Gasteiger partial charge on any atom is 0.241 e. The molecule has 1 amide bonds. The van der Waals surface area contributed by atoms with Crippen LogP contribution < -0.4 is 10.5 Å². The second-order valence-electron chi connectivity index (χ2n) is 6.54. The Bertz CT molecular complexity index is 610. The highest BCUT2D eigenvalue weighted by Gasteiger charge is 2.39. The number of hydrogen-bond acceptors (Lipinski definition) is 5. The largest absolute Gasteiger partial charge is 0.497 e. The number of likely N-dealkylation sites (tertiary alicyclic amines) is 1. The van der Waals surface area contributed by atoms with E-state index in [2.05, 4.69) is 6.07 Å². The minimum atomic E-state index is -0.630. The predicted octanol–water partition coefficient (Wildman–Crippen LogP) is 2.55. The molecule has 24 heavy (non-hydrogen) atoms. The lowest BCUT2D eigenvalue weighted by Crippen LogP contribution is -2.54. The predicted molar refractivity (Wildman–Crippen MR) is 96.7 cm³/mol. The van der Waals surface area contributed by atoms with Gasteiger partial charge in [0.2, 0.25) is 5.91 Å². The molecule has 130 valence electrons. The Morgan fingerprint density at radius 1 is 1.50 bits per heavy atom. The number of nitrogens with zero attached hydrogens (tertiary/aromatic N) is 2. The summed E-state index contributed by atoms with van der Waals surface area (Å²) in [5, 5.41) is 9.16. The van der Waals surface area contributed by atoms with E-state index in [1.165, 1.54) is 0 Å². The van der Waals surface area contributed by atoms with Crippen molar-refractivity contribution in [2.75, 3.05) is 13.7 Å². The first-order valence-electron chi connectivity index (χ1n) is 8.11. The number of nitriles is 1. The fourth-order valence-electron chi connectivity index (χ4n) is 2.72. The molecule has 5 nitrogen and oxygen atoms in total. The third-order valence-electron chi connectivity index (χ3n) is 4.47. The van der Waals surface area contributed by atoms with Crippen molar-refractivity contribution in [1.29, 1.82) is 5.26 Å². The molecule has 0 unspecified atom stereocenters. The number of benzene rings is 1. The molecule has 0 saturated carbocycles. The van der Waals surface area contributed by atoms with Crippen LogP contribution in [-0.4, -0.2) is 41.3 Å². The van der Waals surface area contributed by atoms with E-state index in [1.54, 1.807) is 23.8 Å². The smallest absolute Gasteiger partial charge is 0.241 e. The van der Waals surface area contributed by atoms with Gasteiger partial charge in [-0.15, -0.1) is 11.8 Å². The molecular formula is C18H25N3O2S. The van der Waals surface area contributed by atoms with Crippen molar-refractivity contribution in [3.63, 3.8) is 0 Å². The molecule has 2 rings (SSSR count). The van der Waals surface area contributed by atoms with Crippen LogP contribution in [0, 0.1) is 11.3 Å². The second kappa shape index (κ2) is 7.91. The fraction of sp³-hybridized carbons (Fsp3) is 0.556. The zero-order chi connectivity index (χ0) is 17.7. The highest BCUT2D eigenvalue weighted by Crippen LogP contribution is 2.32. The van der Waals surface area contributed by atoms with E-state index >= 15 is 0 Å². The number of ether oxygens (including phenoxy) is 1. The average molecular weight is 347 g/mol. The summed E-state index contributed by atoms with van der Waals surface area (Å²) in [4.78, 5) is 14.3. The fourth-order valence-corrected chi connectivity index (χ4v) is 3.73. The lowest BCUT2D eigenvalue weighted by atomic mass is 10.0. The van der Waals surface area contributed by atoms with Crippen molar-refractivity contribution in [3.8, 4) is 11.8 Å². The summed E-state index contributed by atoms with van der Waals surface area (Å²) in [5.41, 5.74) is 7.42. The average Bonchev–Trinajstić information content (AvgIpc) is 3.07. The molecule has 1 aromatic carbocycles. The van der Waals surface area contributed by atoms with E-state index in [0.717, 1.165) is 29.9 Å². The quantitative estimate of drug-likeness (QED) is 0.855. The molecule has 1 saturated heterocycles. The number of hydrogen-bond donors (Lipinski definition) is 1. The lowest BCUT2D eigenvalue weighted by Gasteiger charge is -2.33. The number of thioether (sulfide) groups is 1. The van der Waals surface area contributed by atoms with Crippen LogP contribution in [0.15, 0.2) is 24.3 Å². The summed E-state index contributed by atoms with van der Waals surface area (Å²) >= 11 is 1.65. The Labute approximate surface area is 148 Å². The first-order chi connectivity index (χ1) is 11.4. The van der Waals surface area contributed by atoms with E-state index in [-0.39, 0.29) is 11.9 Å². The van der Waals surface area contributed by atoms with Crippen LogP contribution in [0.3, 0.4) is 0 Å². The summed E-state index contributed by atoms with van der Waals surface area (Å²) in [6.45, 7) is 4.60. The molecule has 2 atom stereocenters. The highest BCUT2D eigenvalue weighted by molar-refractivity contribution is 7.99. The summed E-state index contributed by atoms with van der Waals surface area (Å²) in [5.74, 6) is 1.47. The molecule has 0 bridgehead atoms. The van der Waals surface area contributed by atoms with Crippen molar-refractivity contribution in [2.45, 2.75) is 49.3 Å². The number of rotatable bonds is 6. The van der Waals surface area contributed by atoms with Crippen LogP contribution >= 0.6 is 11.8 Å². The van der Waals surface area contributed by atoms with Gasteiger partial charge < -0.3 is 15.4 Å². The first kappa shape index (κ1) is 18.6. The Kier molecular flexibility index (Phi) is 6.14. The van der Waals surface area contributed by atoms with E-state index < -0.39 is 10.8 Å². The van der Waals surface area contributed by atoms with Gasteiger partial charge >= 0.3 is 0 Å². The molecule has 1 aliphatic heterocycles. The molecule has 1 heterocycles. The van der Waals surface area contributed by atoms with Gasteiger partial charge in [0, 0.05) is 17.0 Å². The zero-order valence-corrected chi connectivity index (χ0v) is 15.3. The summed E-state index contributed by atoms with van der Waals surface area (Å²) in [6, 6.07) is 9.13. The summed E-state index contributed by atoms with van der Waals surface area (Å²) in [7, 11) is 1.64. The second-order valence-corrected chi connectivity index (χ2v) is 8.17. The third kappa shape index (κ3) is 4.22. The number of amides is 1. The lowest BCUT2D eigenvalue weighted by molar-refractivity contribution is -0.133. The van der Waals surface area contributed by atoms with E-state index in [1.807, 2.05) is 38.1 Å². The normalized spacial score (nSPS) is 19.0. The van der Waals surface area contributed by atoms with Gasteiger partial charge in [-0.1, -0.05) is 12.1 Å². The number of carbonyl (C=O) groups excluding carboxylic acids is 1. The standard InChI is InChI=1S/C18H25N3O2S/c1-18(2,24-12-13-6-8-15(23-3)9-7-13)16(20)17(22)21-10-4-5-14(21)11-19/h6-9,14,16H,4-5,10,12,20H2,1-3H3/t14-,16+/m0/s1. The Hall–Kier alpha value is -1.71. The maximum atomic E-state index is 12.7. The maximum absolute atomic E-state index is 12.7. The molecule has 1 aliphatic rings. The van der Waals surface area contributed by atoms with Gasteiger partial charge in [0.05, 0.1) is 19.2 Å². The van der Waals surface area contributed by atoms with Crippen molar-refractivity contribution in [1.82, 2.24) is 4.90 Å². The van der Waals surface area contributed by atoms with Crippen LogP contribution in [0.4, 0.5) is 0 Å². The van der Waals surface area contributed by atoms with Crippen LogP contribution in [0.1, 0.15) is 32.3 Å². The molecule has 0 aliphatic carbocycles. The van der Waals surface area contributed by atoms with E-state index in [9.17, 15) is 4.79 Å². The van der Waals surface area contributed by atoms with Crippen LogP contribution in [-0.2, 0) is 10.5 Å². The molecule has 1 fully saturated rings. The van der Waals surface area contributed by atoms with Crippen LogP contribution in [0.2, 0.25) is 0 Å². The summed E-state index contributed by atoms with van der Waals surface area (Å²) in [6.07, 6.45) is 1.62. The van der Waals surface area contributed by atoms with Gasteiger partial charge in [0.1, 0.15) is 11.8 Å². The van der Waals surface area contributed by atoms with Gasteiger partial charge in [-0.05, 0) is 44.4 Å². The Morgan fingerprint density at radius 2 is 2.17 bits per heavy atom. The molecular weight excluding hydrogens is 322 g/mol. The molecule has 2 N–H and O–H groups in total. The molecule has 0 radical (unpaired) electrons. The van der Waals surface area contributed by atoms with Crippen LogP contribution in [0.5, 0.6) is 5.75 Å². The molecule has 0 spiro atoms. The van der Waals surface area contributed by atoms with Crippen LogP contribution in [0.25, 0.3) is 0 Å².